The number of aryl methyl sites for hydroxylation is 1. The van der Waals surface area contributed by atoms with Crippen LogP contribution in [0, 0.1) is 0 Å². The van der Waals surface area contributed by atoms with Gasteiger partial charge >= 0.3 is 11.9 Å². The van der Waals surface area contributed by atoms with Crippen LogP contribution in [0.25, 0.3) is 10.9 Å². The summed E-state index contributed by atoms with van der Waals surface area (Å²) >= 11 is 0. The molecule has 0 fully saturated rings. The lowest BCUT2D eigenvalue weighted by molar-refractivity contribution is -0.136. The number of hydrogen-bond acceptors (Lipinski definition) is 3. The second kappa shape index (κ2) is 5.24. The second-order valence-corrected chi connectivity index (χ2v) is 4.37. The van der Waals surface area contributed by atoms with E-state index in [-0.39, 0.29) is 12.1 Å². The Kier molecular flexibility index (Phi) is 3.65. The Labute approximate surface area is 115 Å². The van der Waals surface area contributed by atoms with Crippen molar-refractivity contribution in [3.05, 3.63) is 29.5 Å². The van der Waals surface area contributed by atoms with Crippen LogP contribution in [-0.2, 0) is 18.3 Å². The first-order valence-electron chi connectivity index (χ1n) is 6.14. The molecule has 0 unspecified atom stereocenters. The number of fused-ring (bicyclic) bond motifs is 1. The van der Waals surface area contributed by atoms with Gasteiger partial charge in [-0.15, -0.1) is 0 Å². The van der Waals surface area contributed by atoms with E-state index in [1.54, 1.807) is 25.2 Å². The highest BCUT2D eigenvalue weighted by Crippen LogP contribution is 2.29. The third-order valence-corrected chi connectivity index (χ3v) is 3.12. The lowest BCUT2D eigenvalue weighted by Gasteiger charge is -2.03. The van der Waals surface area contributed by atoms with Gasteiger partial charge in [0.05, 0.1) is 13.0 Å². The number of aromatic carboxylic acids is 1. The lowest BCUT2D eigenvalue weighted by Crippen LogP contribution is -2.10. The number of benzene rings is 1. The van der Waals surface area contributed by atoms with Gasteiger partial charge in [-0.2, -0.15) is 0 Å². The molecule has 2 aromatic rings. The van der Waals surface area contributed by atoms with Crippen molar-refractivity contribution in [3.63, 3.8) is 0 Å². The molecule has 0 radical (unpaired) electrons. The fourth-order valence-electron chi connectivity index (χ4n) is 2.36. The third kappa shape index (κ3) is 2.32. The van der Waals surface area contributed by atoms with Gasteiger partial charge in [-0.05, 0) is 25.1 Å². The van der Waals surface area contributed by atoms with Crippen LogP contribution >= 0.6 is 0 Å². The van der Waals surface area contributed by atoms with E-state index in [1.807, 2.05) is 6.92 Å². The number of rotatable bonds is 5. The average Bonchev–Trinajstić information content (AvgIpc) is 2.62. The fourth-order valence-corrected chi connectivity index (χ4v) is 2.36. The van der Waals surface area contributed by atoms with E-state index in [1.165, 1.54) is 4.57 Å². The van der Waals surface area contributed by atoms with Crippen LogP contribution in [0.1, 0.15) is 23.0 Å². The van der Waals surface area contributed by atoms with Gasteiger partial charge in [0.1, 0.15) is 11.4 Å². The van der Waals surface area contributed by atoms with Crippen LogP contribution in [-0.4, -0.2) is 33.3 Å². The number of ether oxygens (including phenoxy) is 1. The van der Waals surface area contributed by atoms with Crippen LogP contribution in [0.2, 0.25) is 0 Å². The first kappa shape index (κ1) is 13.9. The molecule has 106 valence electrons. The van der Waals surface area contributed by atoms with Gasteiger partial charge in [0.15, 0.2) is 0 Å². The Bertz CT molecular complexity index is 686. The minimum atomic E-state index is -1.14. The van der Waals surface area contributed by atoms with Crippen molar-refractivity contribution < 1.29 is 24.5 Å². The van der Waals surface area contributed by atoms with Gasteiger partial charge in [-0.3, -0.25) is 4.79 Å². The molecule has 0 amide bonds. The molecule has 0 atom stereocenters. The first-order chi connectivity index (χ1) is 9.45. The summed E-state index contributed by atoms with van der Waals surface area (Å²) in [6.45, 7) is 2.33. The minimum absolute atomic E-state index is 0.00366. The highest BCUT2D eigenvalue weighted by Gasteiger charge is 2.22. The van der Waals surface area contributed by atoms with Crippen molar-refractivity contribution in [2.24, 2.45) is 7.05 Å². The van der Waals surface area contributed by atoms with Crippen molar-refractivity contribution in [1.82, 2.24) is 4.57 Å². The monoisotopic (exact) mass is 277 g/mol. The zero-order valence-corrected chi connectivity index (χ0v) is 11.2. The molecule has 1 heterocycles. The Morgan fingerprint density at radius 1 is 1.30 bits per heavy atom. The minimum Gasteiger partial charge on any atom is -0.494 e. The molecule has 0 aliphatic carbocycles. The van der Waals surface area contributed by atoms with Gasteiger partial charge in [0.2, 0.25) is 0 Å². The van der Waals surface area contributed by atoms with Crippen LogP contribution in [0.5, 0.6) is 5.75 Å². The van der Waals surface area contributed by atoms with Crippen molar-refractivity contribution >= 4 is 22.8 Å². The molecule has 0 saturated carbocycles. The summed E-state index contributed by atoms with van der Waals surface area (Å²) in [7, 11) is 1.61. The zero-order valence-electron chi connectivity index (χ0n) is 11.2. The van der Waals surface area contributed by atoms with E-state index in [0.717, 1.165) is 0 Å². The zero-order chi connectivity index (χ0) is 14.9. The molecule has 0 aliphatic rings. The summed E-state index contributed by atoms with van der Waals surface area (Å²) in [5, 5.41) is 18.9. The van der Waals surface area contributed by atoms with E-state index >= 15 is 0 Å². The Hall–Kier alpha value is -2.50. The normalized spacial score (nSPS) is 10.7. The predicted molar refractivity (Wildman–Crippen MR) is 72.4 cm³/mol. The maximum absolute atomic E-state index is 11.4. The molecule has 2 N–H and O–H groups in total. The topological polar surface area (TPSA) is 88.8 Å². The summed E-state index contributed by atoms with van der Waals surface area (Å²) < 4.78 is 6.87. The van der Waals surface area contributed by atoms with Crippen LogP contribution < -0.4 is 4.74 Å². The standard InChI is InChI=1S/C14H15NO5/c1-3-20-8-4-5-11-9(6-8)10(7-12(16)17)13(14(18)19)15(11)2/h4-6H,3,7H2,1-2H3,(H,16,17)(H,18,19). The number of carboxylic acids is 2. The van der Waals surface area contributed by atoms with Crippen LogP contribution in [0.4, 0.5) is 0 Å². The smallest absolute Gasteiger partial charge is 0.352 e. The summed E-state index contributed by atoms with van der Waals surface area (Å²) in [4.78, 5) is 22.3. The van der Waals surface area contributed by atoms with Crippen molar-refractivity contribution in [2.75, 3.05) is 6.61 Å². The molecule has 0 spiro atoms. The highest BCUT2D eigenvalue weighted by atomic mass is 16.5. The number of carboxylic acid groups (broad SMARTS) is 2. The summed E-state index contributed by atoms with van der Waals surface area (Å²) in [6.07, 6.45) is -0.339. The molecular formula is C14H15NO5. The highest BCUT2D eigenvalue weighted by molar-refractivity contribution is 6.00. The van der Waals surface area contributed by atoms with Gasteiger partial charge in [0, 0.05) is 23.5 Å². The van der Waals surface area contributed by atoms with Crippen molar-refractivity contribution in [2.45, 2.75) is 13.3 Å². The maximum Gasteiger partial charge on any atom is 0.352 e. The molecule has 0 saturated heterocycles. The van der Waals surface area contributed by atoms with Gasteiger partial charge in [-0.25, -0.2) is 4.79 Å². The molecule has 1 aromatic heterocycles. The number of aromatic nitrogens is 1. The van der Waals surface area contributed by atoms with Crippen LogP contribution in [0.15, 0.2) is 18.2 Å². The predicted octanol–water partition coefficient (Wildman–Crippen LogP) is 1.90. The quantitative estimate of drug-likeness (QED) is 0.871. The van der Waals surface area contributed by atoms with Gasteiger partial charge in [-0.1, -0.05) is 0 Å². The largest absolute Gasteiger partial charge is 0.494 e. The summed E-state index contributed by atoms with van der Waals surface area (Å²) in [5.41, 5.74) is 0.960. The molecule has 2 rings (SSSR count). The van der Waals surface area contributed by atoms with Gasteiger partial charge in [0.25, 0.3) is 0 Å². The van der Waals surface area contributed by atoms with E-state index in [2.05, 4.69) is 0 Å². The Balaban J connectivity index is 2.73. The first-order valence-corrected chi connectivity index (χ1v) is 6.14. The molecule has 6 nitrogen and oxygen atoms in total. The Morgan fingerprint density at radius 2 is 2.00 bits per heavy atom. The molecule has 0 aliphatic heterocycles. The average molecular weight is 277 g/mol. The second-order valence-electron chi connectivity index (χ2n) is 4.37. The van der Waals surface area contributed by atoms with Crippen LogP contribution in [0.3, 0.4) is 0 Å². The number of aliphatic carboxylic acids is 1. The SMILES string of the molecule is CCOc1ccc2c(c1)c(CC(=O)O)c(C(=O)O)n2C. The van der Waals surface area contributed by atoms with Gasteiger partial charge < -0.3 is 19.5 Å². The molecular weight excluding hydrogens is 262 g/mol. The molecule has 1 aromatic carbocycles. The lowest BCUT2D eigenvalue weighted by atomic mass is 10.1. The summed E-state index contributed by atoms with van der Waals surface area (Å²) in [6, 6.07) is 5.16. The molecule has 20 heavy (non-hydrogen) atoms. The van der Waals surface area contributed by atoms with E-state index in [0.29, 0.717) is 28.8 Å². The van der Waals surface area contributed by atoms with E-state index in [4.69, 9.17) is 9.84 Å². The Morgan fingerprint density at radius 3 is 2.55 bits per heavy atom. The fraction of sp³-hybridized carbons (Fsp3) is 0.286. The van der Waals surface area contributed by atoms with Crippen molar-refractivity contribution in [1.29, 1.82) is 0 Å². The number of hydrogen-bond donors (Lipinski definition) is 2. The number of nitrogens with zero attached hydrogens (tertiary/aromatic N) is 1. The van der Waals surface area contributed by atoms with Crippen molar-refractivity contribution in [3.8, 4) is 5.75 Å². The summed E-state index contributed by atoms with van der Waals surface area (Å²) in [5.74, 6) is -1.62. The molecule has 0 bridgehead atoms. The van der Waals surface area contributed by atoms with E-state index < -0.39 is 11.9 Å². The maximum atomic E-state index is 11.4. The third-order valence-electron chi connectivity index (χ3n) is 3.12. The number of carbonyl (C=O) groups is 2. The van der Waals surface area contributed by atoms with E-state index in [9.17, 15) is 14.7 Å². The molecule has 6 heteroatoms.